The third-order valence-electron chi connectivity index (χ3n) is 2.90. The van der Waals surface area contributed by atoms with Crippen molar-refractivity contribution in [1.29, 1.82) is 0 Å². The molecular weight excluding hydrogens is 230 g/mol. The number of terminal acetylenes is 1. The molecule has 5 heteroatoms. The first-order valence-corrected chi connectivity index (χ1v) is 6.28. The Kier molecular flexibility index (Phi) is 6.06. The Bertz CT molecular complexity index is 347. The van der Waals surface area contributed by atoms with Crippen molar-refractivity contribution in [3.63, 3.8) is 0 Å². The van der Waals surface area contributed by atoms with Gasteiger partial charge in [-0.15, -0.1) is 6.42 Å². The van der Waals surface area contributed by atoms with Gasteiger partial charge in [-0.3, -0.25) is 9.79 Å². The molecule has 0 aliphatic carbocycles. The van der Waals surface area contributed by atoms with E-state index in [4.69, 9.17) is 11.2 Å². The molecule has 0 amide bonds. The molecule has 0 spiro atoms. The van der Waals surface area contributed by atoms with Gasteiger partial charge < -0.3 is 15.0 Å². The van der Waals surface area contributed by atoms with Gasteiger partial charge in [0.15, 0.2) is 5.96 Å². The third-order valence-corrected chi connectivity index (χ3v) is 2.90. The predicted octanol–water partition coefficient (Wildman–Crippen LogP) is 0.470. The van der Waals surface area contributed by atoms with E-state index >= 15 is 0 Å². The molecule has 18 heavy (non-hydrogen) atoms. The summed E-state index contributed by atoms with van der Waals surface area (Å²) in [5, 5.41) is 3.07. The second-order valence-corrected chi connectivity index (χ2v) is 4.14. The number of hydrogen-bond donors (Lipinski definition) is 1. The van der Waals surface area contributed by atoms with E-state index in [-0.39, 0.29) is 11.9 Å². The molecular formula is C13H21N3O2. The second-order valence-electron chi connectivity index (χ2n) is 4.14. The van der Waals surface area contributed by atoms with Gasteiger partial charge in [0.2, 0.25) is 0 Å². The van der Waals surface area contributed by atoms with Crippen molar-refractivity contribution >= 4 is 11.9 Å². The SMILES string of the molecule is C#CCNC(=NC)N1CCCC(C(=O)OCC)C1. The van der Waals surface area contributed by atoms with E-state index in [9.17, 15) is 4.79 Å². The molecule has 100 valence electrons. The average Bonchev–Trinajstić information content (AvgIpc) is 2.40. The van der Waals surface area contributed by atoms with Crippen LogP contribution in [0.4, 0.5) is 0 Å². The molecule has 1 atom stereocenters. The number of aliphatic imine (C=N–C) groups is 1. The Morgan fingerprint density at radius 1 is 1.67 bits per heavy atom. The van der Waals surface area contributed by atoms with Gasteiger partial charge >= 0.3 is 5.97 Å². The van der Waals surface area contributed by atoms with Crippen LogP contribution >= 0.6 is 0 Å². The second kappa shape index (κ2) is 7.59. The van der Waals surface area contributed by atoms with Gasteiger partial charge in [-0.05, 0) is 19.8 Å². The Morgan fingerprint density at radius 2 is 2.44 bits per heavy atom. The largest absolute Gasteiger partial charge is 0.466 e. The highest BCUT2D eigenvalue weighted by Crippen LogP contribution is 2.17. The summed E-state index contributed by atoms with van der Waals surface area (Å²) in [6.07, 6.45) is 7.05. The van der Waals surface area contributed by atoms with Crippen molar-refractivity contribution in [3.05, 3.63) is 0 Å². The monoisotopic (exact) mass is 251 g/mol. The maximum atomic E-state index is 11.7. The molecule has 0 aromatic heterocycles. The van der Waals surface area contributed by atoms with E-state index in [1.807, 2.05) is 6.92 Å². The fourth-order valence-electron chi connectivity index (χ4n) is 2.08. The lowest BCUT2D eigenvalue weighted by atomic mass is 9.98. The van der Waals surface area contributed by atoms with Crippen molar-refractivity contribution in [2.75, 3.05) is 33.3 Å². The summed E-state index contributed by atoms with van der Waals surface area (Å²) < 4.78 is 5.07. The molecule has 0 radical (unpaired) electrons. The van der Waals surface area contributed by atoms with Crippen LogP contribution in [0.15, 0.2) is 4.99 Å². The number of nitrogens with one attached hydrogen (secondary N) is 1. The van der Waals surface area contributed by atoms with Crippen LogP contribution in [-0.2, 0) is 9.53 Å². The Hall–Kier alpha value is -1.70. The topological polar surface area (TPSA) is 53.9 Å². The molecule has 1 aliphatic heterocycles. The molecule has 0 bridgehead atoms. The first kappa shape index (κ1) is 14.4. The zero-order valence-corrected chi connectivity index (χ0v) is 11.1. The summed E-state index contributed by atoms with van der Waals surface area (Å²) in [4.78, 5) is 18.0. The summed E-state index contributed by atoms with van der Waals surface area (Å²) in [6.45, 7) is 4.22. The van der Waals surface area contributed by atoms with Crippen LogP contribution in [0.25, 0.3) is 0 Å². The van der Waals surface area contributed by atoms with Gasteiger partial charge in [-0.2, -0.15) is 0 Å². The first-order chi connectivity index (χ1) is 8.72. The molecule has 1 saturated heterocycles. The highest BCUT2D eigenvalue weighted by molar-refractivity contribution is 5.81. The van der Waals surface area contributed by atoms with Gasteiger partial charge in [0, 0.05) is 20.1 Å². The number of piperidine rings is 1. The van der Waals surface area contributed by atoms with Crippen molar-refractivity contribution in [1.82, 2.24) is 10.2 Å². The van der Waals surface area contributed by atoms with Gasteiger partial charge in [-0.1, -0.05) is 5.92 Å². The third kappa shape index (κ3) is 3.95. The fourth-order valence-corrected chi connectivity index (χ4v) is 2.08. The van der Waals surface area contributed by atoms with Crippen molar-refractivity contribution in [3.8, 4) is 12.3 Å². The van der Waals surface area contributed by atoms with Gasteiger partial charge in [0.25, 0.3) is 0 Å². The molecule has 1 fully saturated rings. The van der Waals surface area contributed by atoms with Gasteiger partial charge in [0.05, 0.1) is 19.1 Å². The number of carbonyl (C=O) groups is 1. The highest BCUT2D eigenvalue weighted by Gasteiger charge is 2.28. The van der Waals surface area contributed by atoms with Gasteiger partial charge in [0.1, 0.15) is 0 Å². The summed E-state index contributed by atoms with van der Waals surface area (Å²) in [5.41, 5.74) is 0. The van der Waals surface area contributed by atoms with Crippen LogP contribution in [0.2, 0.25) is 0 Å². The van der Waals surface area contributed by atoms with E-state index in [1.165, 1.54) is 0 Å². The van der Waals surface area contributed by atoms with E-state index in [0.29, 0.717) is 19.7 Å². The van der Waals surface area contributed by atoms with Crippen molar-refractivity contribution in [2.24, 2.45) is 10.9 Å². The maximum absolute atomic E-state index is 11.7. The lowest BCUT2D eigenvalue weighted by Crippen LogP contribution is -2.48. The number of nitrogens with zero attached hydrogens (tertiary/aromatic N) is 2. The predicted molar refractivity (Wildman–Crippen MR) is 71.1 cm³/mol. The van der Waals surface area contributed by atoms with E-state index in [1.54, 1.807) is 7.05 Å². The summed E-state index contributed by atoms with van der Waals surface area (Å²) in [6, 6.07) is 0. The number of likely N-dealkylation sites (tertiary alicyclic amines) is 1. The standard InChI is InChI=1S/C13H21N3O2/c1-4-8-15-13(14-3)16-9-6-7-11(10-16)12(17)18-5-2/h1,11H,5-10H2,2-3H3,(H,14,15). The molecule has 1 N–H and O–H groups in total. The zero-order chi connectivity index (χ0) is 13.4. The van der Waals surface area contributed by atoms with E-state index in [0.717, 1.165) is 25.3 Å². The minimum atomic E-state index is -0.116. The minimum absolute atomic E-state index is 0.0666. The van der Waals surface area contributed by atoms with E-state index < -0.39 is 0 Å². The lowest BCUT2D eigenvalue weighted by molar-refractivity contribution is -0.149. The van der Waals surface area contributed by atoms with Crippen LogP contribution in [0.3, 0.4) is 0 Å². The number of rotatable bonds is 3. The number of carbonyl (C=O) groups excluding carboxylic acids is 1. The number of guanidine groups is 1. The highest BCUT2D eigenvalue weighted by atomic mass is 16.5. The summed E-state index contributed by atoms with van der Waals surface area (Å²) in [7, 11) is 1.72. The lowest BCUT2D eigenvalue weighted by Gasteiger charge is -2.33. The molecule has 1 rings (SSSR count). The van der Waals surface area contributed by atoms with Crippen LogP contribution in [0.1, 0.15) is 19.8 Å². The minimum Gasteiger partial charge on any atom is -0.466 e. The van der Waals surface area contributed by atoms with Gasteiger partial charge in [-0.25, -0.2) is 0 Å². The number of hydrogen-bond acceptors (Lipinski definition) is 3. The zero-order valence-electron chi connectivity index (χ0n) is 11.1. The molecule has 1 aliphatic rings. The Balaban J connectivity index is 2.57. The molecule has 1 unspecified atom stereocenters. The summed E-state index contributed by atoms with van der Waals surface area (Å²) in [5.74, 6) is 3.08. The molecule has 0 aromatic rings. The van der Waals surface area contributed by atoms with Crippen molar-refractivity contribution in [2.45, 2.75) is 19.8 Å². The Morgan fingerprint density at radius 3 is 3.06 bits per heavy atom. The van der Waals surface area contributed by atoms with E-state index in [2.05, 4.69) is 21.1 Å². The Labute approximate surface area is 109 Å². The first-order valence-electron chi connectivity index (χ1n) is 6.28. The van der Waals surface area contributed by atoms with Crippen LogP contribution in [0.5, 0.6) is 0 Å². The fraction of sp³-hybridized carbons (Fsp3) is 0.692. The molecule has 0 aromatic carbocycles. The summed E-state index contributed by atoms with van der Waals surface area (Å²) >= 11 is 0. The van der Waals surface area contributed by atoms with Crippen molar-refractivity contribution < 1.29 is 9.53 Å². The number of ether oxygens (including phenoxy) is 1. The normalized spacial score (nSPS) is 20.2. The molecule has 5 nitrogen and oxygen atoms in total. The quantitative estimate of drug-likeness (QED) is 0.343. The smallest absolute Gasteiger partial charge is 0.310 e. The average molecular weight is 251 g/mol. The van der Waals surface area contributed by atoms with Crippen LogP contribution < -0.4 is 5.32 Å². The van der Waals surface area contributed by atoms with Crippen LogP contribution in [-0.4, -0.2) is 50.1 Å². The molecule has 1 heterocycles. The molecule has 0 saturated carbocycles. The maximum Gasteiger partial charge on any atom is 0.310 e. The van der Waals surface area contributed by atoms with Crippen LogP contribution in [0, 0.1) is 18.3 Å². The number of esters is 1.